The Hall–Kier alpha value is -1.29. The summed E-state index contributed by atoms with van der Waals surface area (Å²) in [6.45, 7) is 6.44. The lowest BCUT2D eigenvalue weighted by molar-refractivity contribution is 0.369. The number of hydrogen-bond acceptors (Lipinski definition) is 2. The zero-order chi connectivity index (χ0) is 14.7. The van der Waals surface area contributed by atoms with E-state index < -0.39 is 0 Å². The lowest BCUT2D eigenvalue weighted by Crippen LogP contribution is -2.32. The first-order valence-electron chi connectivity index (χ1n) is 7.77. The number of nitrogens with one attached hydrogen (secondary N) is 1. The number of benzene rings is 1. The van der Waals surface area contributed by atoms with Crippen LogP contribution in [0, 0.1) is 0 Å². The van der Waals surface area contributed by atoms with Gasteiger partial charge in [-0.25, -0.2) is 4.98 Å². The molecule has 0 aliphatic carbocycles. The van der Waals surface area contributed by atoms with Crippen molar-refractivity contribution in [1.29, 1.82) is 0 Å². The Labute approximate surface area is 151 Å². The standard InChI is InChI=1S/C18H23N3.2ClH/c1-3-14(2)18-17(15-8-5-4-6-9-15)20-13-21(18)16-10-7-11-19-12-16;;/h3-6,8-9,13,16,19H,7,10-12H2,1-2H3;2*1H/b14-3+;;. The van der Waals surface area contributed by atoms with Gasteiger partial charge in [0.2, 0.25) is 0 Å². The minimum absolute atomic E-state index is 0. The highest BCUT2D eigenvalue weighted by molar-refractivity contribution is 5.85. The molecule has 126 valence electrons. The number of piperidine rings is 1. The molecule has 1 aromatic heterocycles. The Morgan fingerprint density at radius 2 is 2.00 bits per heavy atom. The van der Waals surface area contributed by atoms with Crippen LogP contribution in [0.3, 0.4) is 0 Å². The van der Waals surface area contributed by atoms with Crippen molar-refractivity contribution in [1.82, 2.24) is 14.9 Å². The number of aromatic nitrogens is 2. The minimum atomic E-state index is 0. The van der Waals surface area contributed by atoms with Crippen molar-refractivity contribution in [2.24, 2.45) is 0 Å². The summed E-state index contributed by atoms with van der Waals surface area (Å²) in [7, 11) is 0. The predicted octanol–water partition coefficient (Wildman–Crippen LogP) is 4.74. The fourth-order valence-electron chi connectivity index (χ4n) is 3.04. The molecule has 1 aliphatic heterocycles. The van der Waals surface area contributed by atoms with Gasteiger partial charge in [-0.3, -0.25) is 0 Å². The molecule has 1 atom stereocenters. The molecule has 1 N–H and O–H groups in total. The van der Waals surface area contributed by atoms with Crippen molar-refractivity contribution in [2.75, 3.05) is 13.1 Å². The molecule has 0 spiro atoms. The van der Waals surface area contributed by atoms with Crippen LogP contribution < -0.4 is 5.32 Å². The normalized spacial score (nSPS) is 18.0. The highest BCUT2D eigenvalue weighted by Crippen LogP contribution is 2.31. The van der Waals surface area contributed by atoms with Crippen LogP contribution in [-0.4, -0.2) is 22.6 Å². The molecule has 1 aromatic carbocycles. The highest BCUT2D eigenvalue weighted by Gasteiger charge is 2.21. The second-order valence-electron chi connectivity index (χ2n) is 5.69. The number of rotatable bonds is 3. The molecule has 2 heterocycles. The molecule has 3 rings (SSSR count). The average molecular weight is 354 g/mol. The van der Waals surface area contributed by atoms with Crippen LogP contribution in [0.15, 0.2) is 42.7 Å². The van der Waals surface area contributed by atoms with Crippen LogP contribution in [0.5, 0.6) is 0 Å². The molecule has 0 bridgehead atoms. The largest absolute Gasteiger partial charge is 0.326 e. The molecule has 2 aromatic rings. The van der Waals surface area contributed by atoms with E-state index in [-0.39, 0.29) is 24.8 Å². The van der Waals surface area contributed by atoms with Crippen molar-refractivity contribution >= 4 is 30.4 Å². The number of halogens is 2. The Morgan fingerprint density at radius 3 is 2.61 bits per heavy atom. The molecule has 0 radical (unpaired) electrons. The Morgan fingerprint density at radius 1 is 1.26 bits per heavy atom. The molecule has 1 fully saturated rings. The molecule has 3 nitrogen and oxygen atoms in total. The van der Waals surface area contributed by atoms with Gasteiger partial charge in [-0.1, -0.05) is 36.4 Å². The van der Waals surface area contributed by atoms with Crippen LogP contribution >= 0.6 is 24.8 Å². The van der Waals surface area contributed by atoms with Crippen LogP contribution in [0.4, 0.5) is 0 Å². The first kappa shape index (κ1) is 19.8. The monoisotopic (exact) mass is 353 g/mol. The third-order valence-corrected chi connectivity index (χ3v) is 4.31. The summed E-state index contributed by atoms with van der Waals surface area (Å²) >= 11 is 0. The van der Waals surface area contributed by atoms with E-state index in [0.29, 0.717) is 6.04 Å². The maximum atomic E-state index is 4.72. The fraction of sp³-hybridized carbons (Fsp3) is 0.389. The van der Waals surface area contributed by atoms with Crippen molar-refractivity contribution in [2.45, 2.75) is 32.7 Å². The zero-order valence-corrected chi connectivity index (χ0v) is 15.3. The first-order valence-corrected chi connectivity index (χ1v) is 7.77. The van der Waals surface area contributed by atoms with E-state index in [0.717, 1.165) is 18.8 Å². The molecule has 0 saturated carbocycles. The van der Waals surface area contributed by atoms with Gasteiger partial charge in [0.25, 0.3) is 0 Å². The summed E-state index contributed by atoms with van der Waals surface area (Å²) in [4.78, 5) is 4.72. The maximum absolute atomic E-state index is 4.72. The summed E-state index contributed by atoms with van der Waals surface area (Å²) in [6, 6.07) is 11.0. The lowest BCUT2D eigenvalue weighted by atomic mass is 10.0. The number of imidazole rings is 1. The van der Waals surface area contributed by atoms with E-state index >= 15 is 0 Å². The van der Waals surface area contributed by atoms with E-state index in [1.54, 1.807) is 0 Å². The van der Waals surface area contributed by atoms with Crippen LogP contribution in [0.1, 0.15) is 38.4 Å². The second-order valence-corrected chi connectivity index (χ2v) is 5.69. The van der Waals surface area contributed by atoms with Gasteiger partial charge >= 0.3 is 0 Å². The molecule has 5 heteroatoms. The smallest absolute Gasteiger partial charge is 0.0961 e. The van der Waals surface area contributed by atoms with Gasteiger partial charge in [0, 0.05) is 18.2 Å². The maximum Gasteiger partial charge on any atom is 0.0961 e. The average Bonchev–Trinajstić information content (AvgIpc) is 3.00. The molecule has 1 unspecified atom stereocenters. The van der Waals surface area contributed by atoms with Gasteiger partial charge < -0.3 is 9.88 Å². The first-order chi connectivity index (χ1) is 10.3. The van der Waals surface area contributed by atoms with Gasteiger partial charge in [-0.2, -0.15) is 0 Å². The van der Waals surface area contributed by atoms with E-state index in [4.69, 9.17) is 4.98 Å². The Kier molecular flexibility index (Phi) is 7.83. The summed E-state index contributed by atoms with van der Waals surface area (Å²) in [5.74, 6) is 0. The molecular formula is C18H25Cl2N3. The summed E-state index contributed by atoms with van der Waals surface area (Å²) in [6.07, 6.45) is 6.65. The molecule has 23 heavy (non-hydrogen) atoms. The van der Waals surface area contributed by atoms with Crippen molar-refractivity contribution in [3.63, 3.8) is 0 Å². The summed E-state index contributed by atoms with van der Waals surface area (Å²) < 4.78 is 2.36. The third kappa shape index (κ3) is 4.17. The van der Waals surface area contributed by atoms with Crippen LogP contribution in [0.25, 0.3) is 16.8 Å². The quantitative estimate of drug-likeness (QED) is 0.863. The SMILES string of the molecule is C/C=C(\C)c1c(-c2ccccc2)ncn1C1CCCNC1.Cl.Cl. The molecule has 1 saturated heterocycles. The second kappa shape index (κ2) is 9.11. The number of allylic oxidation sites excluding steroid dienone is 2. The van der Waals surface area contributed by atoms with E-state index in [9.17, 15) is 0 Å². The van der Waals surface area contributed by atoms with Crippen molar-refractivity contribution < 1.29 is 0 Å². The van der Waals surface area contributed by atoms with Crippen molar-refractivity contribution in [3.8, 4) is 11.3 Å². The van der Waals surface area contributed by atoms with E-state index in [2.05, 4.69) is 54.1 Å². The Balaban J connectivity index is 0.00000132. The molecular weight excluding hydrogens is 329 g/mol. The third-order valence-electron chi connectivity index (χ3n) is 4.31. The van der Waals surface area contributed by atoms with Gasteiger partial charge in [-0.05, 0) is 38.8 Å². The van der Waals surface area contributed by atoms with Gasteiger partial charge in [0.1, 0.15) is 0 Å². The van der Waals surface area contributed by atoms with E-state index in [1.807, 2.05) is 12.4 Å². The Bertz CT molecular complexity index is 629. The lowest BCUT2D eigenvalue weighted by Gasteiger charge is -2.26. The van der Waals surface area contributed by atoms with Gasteiger partial charge in [0.05, 0.1) is 17.7 Å². The van der Waals surface area contributed by atoms with Crippen LogP contribution in [-0.2, 0) is 0 Å². The highest BCUT2D eigenvalue weighted by atomic mass is 35.5. The molecule has 1 aliphatic rings. The fourth-order valence-corrected chi connectivity index (χ4v) is 3.04. The minimum Gasteiger partial charge on any atom is -0.326 e. The number of nitrogens with zero attached hydrogens (tertiary/aromatic N) is 2. The zero-order valence-electron chi connectivity index (χ0n) is 13.7. The van der Waals surface area contributed by atoms with Gasteiger partial charge in [0.15, 0.2) is 0 Å². The van der Waals surface area contributed by atoms with Crippen LogP contribution in [0.2, 0.25) is 0 Å². The predicted molar refractivity (Wildman–Crippen MR) is 103 cm³/mol. The number of hydrogen-bond donors (Lipinski definition) is 1. The van der Waals surface area contributed by atoms with E-state index in [1.165, 1.54) is 29.7 Å². The summed E-state index contributed by atoms with van der Waals surface area (Å²) in [5.41, 5.74) is 4.84. The topological polar surface area (TPSA) is 29.9 Å². The van der Waals surface area contributed by atoms with Gasteiger partial charge in [-0.15, -0.1) is 24.8 Å². The van der Waals surface area contributed by atoms with Crippen molar-refractivity contribution in [3.05, 3.63) is 48.4 Å². The molecule has 0 amide bonds. The summed E-state index contributed by atoms with van der Waals surface area (Å²) in [5, 5.41) is 3.50.